The fraction of sp³-hybridized carbons (Fsp3) is 0.333. The molecule has 0 saturated carbocycles. The zero-order chi connectivity index (χ0) is 12.3. The molecule has 1 fully saturated rings. The largest absolute Gasteiger partial charge is 0.378 e. The number of nitriles is 1. The highest BCUT2D eigenvalue weighted by atomic mass is 16.5. The number of morpholine rings is 1. The number of carbonyl (C=O) groups excluding carboxylic acids is 1. The summed E-state index contributed by atoms with van der Waals surface area (Å²) < 4.78 is 5.25. The normalized spacial score (nSPS) is 15.4. The monoisotopic (exact) mass is 231 g/mol. The first-order chi connectivity index (χ1) is 8.24. The standard InChI is InChI=1S/C12H13N3O2/c13-8-9-2-1-3-10(12(14)16)11(9)15-4-6-17-7-5-15/h1-3H,4-7H2,(H2,14,16). The van der Waals surface area contributed by atoms with E-state index in [9.17, 15) is 4.79 Å². The summed E-state index contributed by atoms with van der Waals surface area (Å²) in [5.74, 6) is -0.511. The quantitative estimate of drug-likeness (QED) is 0.803. The van der Waals surface area contributed by atoms with E-state index in [1.165, 1.54) is 0 Å². The molecule has 1 aromatic carbocycles. The minimum atomic E-state index is -0.511. The summed E-state index contributed by atoms with van der Waals surface area (Å²) in [6.07, 6.45) is 0. The van der Waals surface area contributed by atoms with Crippen molar-refractivity contribution in [2.24, 2.45) is 5.73 Å². The Morgan fingerprint density at radius 2 is 2.12 bits per heavy atom. The van der Waals surface area contributed by atoms with Gasteiger partial charge in [0.1, 0.15) is 6.07 Å². The molecule has 1 aliphatic rings. The molecule has 1 heterocycles. The van der Waals surface area contributed by atoms with Crippen LogP contribution in [0.1, 0.15) is 15.9 Å². The van der Waals surface area contributed by atoms with Crippen molar-refractivity contribution >= 4 is 11.6 Å². The number of hydrogen-bond donors (Lipinski definition) is 1. The van der Waals surface area contributed by atoms with Gasteiger partial charge in [-0.1, -0.05) is 6.07 Å². The lowest BCUT2D eigenvalue weighted by Crippen LogP contribution is -2.38. The van der Waals surface area contributed by atoms with Crippen LogP contribution < -0.4 is 10.6 Å². The molecule has 5 nitrogen and oxygen atoms in total. The van der Waals surface area contributed by atoms with Crippen molar-refractivity contribution in [2.75, 3.05) is 31.2 Å². The Kier molecular flexibility index (Phi) is 3.26. The molecule has 0 spiro atoms. The summed E-state index contributed by atoms with van der Waals surface area (Å²) in [7, 11) is 0. The van der Waals surface area contributed by atoms with E-state index in [4.69, 9.17) is 15.7 Å². The summed E-state index contributed by atoms with van der Waals surface area (Å²) in [5, 5.41) is 9.10. The zero-order valence-corrected chi connectivity index (χ0v) is 9.35. The van der Waals surface area contributed by atoms with Gasteiger partial charge in [-0.3, -0.25) is 4.79 Å². The van der Waals surface area contributed by atoms with Crippen LogP contribution in [0, 0.1) is 11.3 Å². The van der Waals surface area contributed by atoms with Gasteiger partial charge in [0.15, 0.2) is 0 Å². The molecule has 0 atom stereocenters. The topological polar surface area (TPSA) is 79.3 Å². The third kappa shape index (κ3) is 2.22. The molecule has 1 aromatic rings. The van der Waals surface area contributed by atoms with Crippen LogP contribution >= 0.6 is 0 Å². The number of carbonyl (C=O) groups is 1. The van der Waals surface area contributed by atoms with E-state index in [-0.39, 0.29) is 0 Å². The van der Waals surface area contributed by atoms with E-state index < -0.39 is 5.91 Å². The molecule has 0 radical (unpaired) electrons. The number of nitrogens with two attached hydrogens (primary N) is 1. The molecule has 17 heavy (non-hydrogen) atoms. The smallest absolute Gasteiger partial charge is 0.250 e. The summed E-state index contributed by atoms with van der Waals surface area (Å²) in [6, 6.07) is 7.11. The Balaban J connectivity index is 2.48. The van der Waals surface area contributed by atoms with E-state index in [1.54, 1.807) is 18.2 Å². The summed E-state index contributed by atoms with van der Waals surface area (Å²) in [4.78, 5) is 13.4. The Hall–Kier alpha value is -2.06. The Morgan fingerprint density at radius 3 is 2.71 bits per heavy atom. The van der Waals surface area contributed by atoms with Gasteiger partial charge >= 0.3 is 0 Å². The zero-order valence-electron chi connectivity index (χ0n) is 9.35. The fourth-order valence-corrected chi connectivity index (χ4v) is 1.96. The Morgan fingerprint density at radius 1 is 1.41 bits per heavy atom. The first-order valence-corrected chi connectivity index (χ1v) is 5.39. The predicted molar refractivity (Wildman–Crippen MR) is 62.7 cm³/mol. The third-order valence-electron chi connectivity index (χ3n) is 2.75. The van der Waals surface area contributed by atoms with Crippen molar-refractivity contribution in [1.29, 1.82) is 5.26 Å². The second-order valence-electron chi connectivity index (χ2n) is 3.78. The van der Waals surface area contributed by atoms with Crippen LogP contribution in [0.2, 0.25) is 0 Å². The van der Waals surface area contributed by atoms with E-state index in [0.29, 0.717) is 43.1 Å². The highest BCUT2D eigenvalue weighted by Gasteiger charge is 2.20. The van der Waals surface area contributed by atoms with Crippen LogP contribution in [0.15, 0.2) is 18.2 Å². The number of hydrogen-bond acceptors (Lipinski definition) is 4. The first-order valence-electron chi connectivity index (χ1n) is 5.39. The highest BCUT2D eigenvalue weighted by molar-refractivity contribution is 6.00. The van der Waals surface area contributed by atoms with Gasteiger partial charge in [0.2, 0.25) is 0 Å². The number of para-hydroxylation sites is 1. The summed E-state index contributed by atoms with van der Waals surface area (Å²) in [6.45, 7) is 2.52. The number of ether oxygens (including phenoxy) is 1. The van der Waals surface area contributed by atoms with Gasteiger partial charge in [-0.2, -0.15) is 5.26 Å². The van der Waals surface area contributed by atoms with Crippen molar-refractivity contribution in [3.63, 3.8) is 0 Å². The van der Waals surface area contributed by atoms with Gasteiger partial charge in [-0.05, 0) is 12.1 Å². The van der Waals surface area contributed by atoms with E-state index in [1.807, 2.05) is 4.90 Å². The van der Waals surface area contributed by atoms with Crippen molar-refractivity contribution in [3.8, 4) is 6.07 Å². The Bertz CT molecular complexity index is 473. The predicted octanol–water partition coefficient (Wildman–Crippen LogP) is 0.494. The molecule has 1 aliphatic heterocycles. The van der Waals surface area contributed by atoms with Crippen LogP contribution in [0.3, 0.4) is 0 Å². The van der Waals surface area contributed by atoms with Crippen molar-refractivity contribution in [1.82, 2.24) is 0 Å². The van der Waals surface area contributed by atoms with Gasteiger partial charge in [0, 0.05) is 13.1 Å². The maximum absolute atomic E-state index is 11.4. The molecule has 88 valence electrons. The van der Waals surface area contributed by atoms with Crippen LogP contribution in [-0.2, 0) is 4.74 Å². The van der Waals surface area contributed by atoms with E-state index in [2.05, 4.69) is 6.07 Å². The first kappa shape index (κ1) is 11.4. The number of primary amides is 1. The molecule has 0 unspecified atom stereocenters. The average Bonchev–Trinajstić information content (AvgIpc) is 2.38. The maximum Gasteiger partial charge on any atom is 0.250 e. The molecule has 0 aromatic heterocycles. The van der Waals surface area contributed by atoms with Crippen molar-refractivity contribution < 1.29 is 9.53 Å². The van der Waals surface area contributed by atoms with Gasteiger partial charge in [0.25, 0.3) is 5.91 Å². The average molecular weight is 231 g/mol. The minimum absolute atomic E-state index is 0.394. The third-order valence-corrected chi connectivity index (χ3v) is 2.75. The number of benzene rings is 1. The van der Waals surface area contributed by atoms with Crippen LogP contribution in [0.25, 0.3) is 0 Å². The number of nitrogens with zero attached hydrogens (tertiary/aromatic N) is 2. The lowest BCUT2D eigenvalue weighted by Gasteiger charge is -2.30. The van der Waals surface area contributed by atoms with Gasteiger partial charge in [0.05, 0.1) is 30.0 Å². The lowest BCUT2D eigenvalue weighted by molar-refractivity contribution is 0.0998. The summed E-state index contributed by atoms with van der Waals surface area (Å²) in [5.41, 5.74) is 6.84. The van der Waals surface area contributed by atoms with Gasteiger partial charge in [-0.15, -0.1) is 0 Å². The second-order valence-corrected chi connectivity index (χ2v) is 3.78. The molecule has 1 amide bonds. The number of amides is 1. The molecular formula is C12H13N3O2. The Labute approximate surface area is 99.4 Å². The van der Waals surface area contributed by atoms with E-state index in [0.717, 1.165) is 0 Å². The molecule has 0 bridgehead atoms. The lowest BCUT2D eigenvalue weighted by atomic mass is 10.1. The fourth-order valence-electron chi connectivity index (χ4n) is 1.96. The van der Waals surface area contributed by atoms with Crippen LogP contribution in [0.4, 0.5) is 5.69 Å². The minimum Gasteiger partial charge on any atom is -0.378 e. The number of anilines is 1. The van der Waals surface area contributed by atoms with Crippen molar-refractivity contribution in [2.45, 2.75) is 0 Å². The molecule has 2 N–H and O–H groups in total. The van der Waals surface area contributed by atoms with Gasteiger partial charge < -0.3 is 15.4 Å². The number of rotatable bonds is 2. The molecule has 1 saturated heterocycles. The molecule has 5 heteroatoms. The van der Waals surface area contributed by atoms with Crippen LogP contribution in [-0.4, -0.2) is 32.2 Å². The van der Waals surface area contributed by atoms with Crippen molar-refractivity contribution in [3.05, 3.63) is 29.3 Å². The highest BCUT2D eigenvalue weighted by Crippen LogP contribution is 2.25. The molecule has 2 rings (SSSR count). The SMILES string of the molecule is N#Cc1cccc(C(N)=O)c1N1CCOCC1. The second kappa shape index (κ2) is 4.85. The van der Waals surface area contributed by atoms with Gasteiger partial charge in [-0.25, -0.2) is 0 Å². The van der Waals surface area contributed by atoms with E-state index >= 15 is 0 Å². The van der Waals surface area contributed by atoms with Crippen LogP contribution in [0.5, 0.6) is 0 Å². The maximum atomic E-state index is 11.4. The molecule has 0 aliphatic carbocycles. The summed E-state index contributed by atoms with van der Waals surface area (Å²) >= 11 is 0. The molecular weight excluding hydrogens is 218 g/mol.